The Kier molecular flexibility index (Phi) is 5.97. The monoisotopic (exact) mass is 273 g/mol. The van der Waals surface area contributed by atoms with Crippen LogP contribution in [0.1, 0.15) is 65.7 Å². The Morgan fingerprint density at radius 2 is 1.94 bits per heavy atom. The minimum atomic E-state index is -0.0669. The second kappa shape index (κ2) is 6.79. The van der Waals surface area contributed by atoms with E-state index in [0.29, 0.717) is 5.88 Å². The lowest BCUT2D eigenvalue weighted by molar-refractivity contribution is -0.131. The van der Waals surface area contributed by atoms with Gasteiger partial charge in [-0.3, -0.25) is 4.79 Å². The van der Waals surface area contributed by atoms with Crippen molar-refractivity contribution in [3.05, 3.63) is 0 Å². The molecule has 3 heteroatoms. The van der Waals surface area contributed by atoms with Crippen LogP contribution in [0, 0.1) is 10.8 Å². The second-order valence-corrected chi connectivity index (χ2v) is 6.86. The molecule has 0 spiro atoms. The van der Waals surface area contributed by atoms with Crippen molar-refractivity contribution in [3.63, 3.8) is 0 Å². The summed E-state index contributed by atoms with van der Waals surface area (Å²) in [6.07, 6.45) is 7.60. The minimum absolute atomic E-state index is 0.0669. The third kappa shape index (κ3) is 4.15. The average molecular weight is 274 g/mol. The van der Waals surface area contributed by atoms with E-state index in [1.165, 1.54) is 12.8 Å². The van der Waals surface area contributed by atoms with Gasteiger partial charge >= 0.3 is 0 Å². The molecule has 1 rings (SSSR count). The van der Waals surface area contributed by atoms with E-state index >= 15 is 0 Å². The SMILES string of the molecule is CCC1(C(=O)NCC(C)(C)CCCCl)CCCC1. The van der Waals surface area contributed by atoms with Gasteiger partial charge < -0.3 is 5.32 Å². The van der Waals surface area contributed by atoms with Gasteiger partial charge in [-0.1, -0.05) is 33.6 Å². The summed E-state index contributed by atoms with van der Waals surface area (Å²) in [5.74, 6) is 0.984. The van der Waals surface area contributed by atoms with Crippen molar-refractivity contribution in [2.45, 2.75) is 65.7 Å². The molecule has 1 amide bonds. The van der Waals surface area contributed by atoms with Gasteiger partial charge in [0.2, 0.25) is 5.91 Å². The topological polar surface area (TPSA) is 29.1 Å². The third-order valence-electron chi connectivity index (χ3n) is 4.43. The van der Waals surface area contributed by atoms with Crippen LogP contribution in [-0.4, -0.2) is 18.3 Å². The highest BCUT2D eigenvalue weighted by Gasteiger charge is 2.39. The van der Waals surface area contributed by atoms with E-state index in [0.717, 1.165) is 38.6 Å². The fourth-order valence-corrected chi connectivity index (χ4v) is 3.07. The van der Waals surface area contributed by atoms with Crippen molar-refractivity contribution in [1.82, 2.24) is 5.32 Å². The van der Waals surface area contributed by atoms with Gasteiger partial charge in [-0.25, -0.2) is 0 Å². The molecule has 18 heavy (non-hydrogen) atoms. The molecule has 0 aromatic rings. The lowest BCUT2D eigenvalue weighted by Crippen LogP contribution is -2.43. The highest BCUT2D eigenvalue weighted by atomic mass is 35.5. The summed E-state index contributed by atoms with van der Waals surface area (Å²) in [5, 5.41) is 3.18. The maximum absolute atomic E-state index is 12.4. The number of halogens is 1. The van der Waals surface area contributed by atoms with Crippen LogP contribution in [0.15, 0.2) is 0 Å². The molecule has 1 saturated carbocycles. The van der Waals surface area contributed by atoms with Crippen LogP contribution in [0.3, 0.4) is 0 Å². The Morgan fingerprint density at radius 1 is 1.33 bits per heavy atom. The number of hydrogen-bond donors (Lipinski definition) is 1. The van der Waals surface area contributed by atoms with E-state index in [-0.39, 0.29) is 16.7 Å². The Labute approximate surface area is 117 Å². The number of hydrogen-bond acceptors (Lipinski definition) is 1. The highest BCUT2D eigenvalue weighted by molar-refractivity contribution is 6.17. The van der Waals surface area contributed by atoms with E-state index in [4.69, 9.17) is 11.6 Å². The maximum atomic E-state index is 12.4. The van der Waals surface area contributed by atoms with Gasteiger partial charge in [0.05, 0.1) is 0 Å². The minimum Gasteiger partial charge on any atom is -0.355 e. The predicted molar refractivity (Wildman–Crippen MR) is 77.9 cm³/mol. The maximum Gasteiger partial charge on any atom is 0.226 e. The standard InChI is InChI=1S/C15H28ClNO/c1-4-15(9-5-6-10-15)13(18)17-12-14(2,3)8-7-11-16/h4-12H2,1-3H3,(H,17,18). The van der Waals surface area contributed by atoms with Crippen LogP contribution >= 0.6 is 11.6 Å². The predicted octanol–water partition coefficient (Wildman–Crippen LogP) is 4.12. The molecule has 0 saturated heterocycles. The Bertz CT molecular complexity index is 270. The van der Waals surface area contributed by atoms with Crippen LogP contribution in [0.4, 0.5) is 0 Å². The molecule has 1 fully saturated rings. The molecular weight excluding hydrogens is 246 g/mol. The molecule has 0 aliphatic heterocycles. The Balaban J connectivity index is 2.44. The summed E-state index contributed by atoms with van der Waals surface area (Å²) in [6.45, 7) is 7.31. The van der Waals surface area contributed by atoms with Crippen molar-refractivity contribution in [1.29, 1.82) is 0 Å². The second-order valence-electron chi connectivity index (χ2n) is 6.48. The first-order chi connectivity index (χ1) is 8.46. The summed E-state index contributed by atoms with van der Waals surface area (Å²) in [7, 11) is 0. The van der Waals surface area contributed by atoms with E-state index in [1.807, 2.05) is 0 Å². The highest BCUT2D eigenvalue weighted by Crippen LogP contribution is 2.41. The molecule has 0 atom stereocenters. The van der Waals surface area contributed by atoms with Crippen molar-refractivity contribution in [3.8, 4) is 0 Å². The summed E-state index contributed by atoms with van der Waals surface area (Å²) in [6, 6.07) is 0. The van der Waals surface area contributed by atoms with Gasteiger partial charge in [-0.15, -0.1) is 11.6 Å². The zero-order chi connectivity index (χ0) is 13.6. The molecule has 0 radical (unpaired) electrons. The Morgan fingerprint density at radius 3 is 2.44 bits per heavy atom. The fourth-order valence-electron chi connectivity index (χ4n) is 2.93. The molecular formula is C15H28ClNO. The first-order valence-electron chi connectivity index (χ1n) is 7.30. The van der Waals surface area contributed by atoms with Gasteiger partial charge in [0.15, 0.2) is 0 Å². The quantitative estimate of drug-likeness (QED) is 0.695. The van der Waals surface area contributed by atoms with Gasteiger partial charge in [0.25, 0.3) is 0 Å². The lowest BCUT2D eigenvalue weighted by atomic mass is 9.81. The molecule has 1 aliphatic carbocycles. The van der Waals surface area contributed by atoms with E-state index < -0.39 is 0 Å². The number of carbonyl (C=O) groups is 1. The number of alkyl halides is 1. The first-order valence-corrected chi connectivity index (χ1v) is 7.83. The smallest absolute Gasteiger partial charge is 0.226 e. The van der Waals surface area contributed by atoms with Gasteiger partial charge in [-0.2, -0.15) is 0 Å². The molecule has 0 unspecified atom stereocenters. The van der Waals surface area contributed by atoms with Crippen LogP contribution in [-0.2, 0) is 4.79 Å². The molecule has 1 N–H and O–H groups in total. The summed E-state index contributed by atoms with van der Waals surface area (Å²) >= 11 is 5.73. The summed E-state index contributed by atoms with van der Waals surface area (Å²) < 4.78 is 0. The van der Waals surface area contributed by atoms with Gasteiger partial charge in [-0.05, 0) is 37.5 Å². The molecule has 0 aromatic heterocycles. The molecule has 2 nitrogen and oxygen atoms in total. The van der Waals surface area contributed by atoms with Crippen LogP contribution < -0.4 is 5.32 Å². The largest absolute Gasteiger partial charge is 0.355 e. The Hall–Kier alpha value is -0.240. The zero-order valence-electron chi connectivity index (χ0n) is 12.2. The van der Waals surface area contributed by atoms with Gasteiger partial charge in [0.1, 0.15) is 0 Å². The van der Waals surface area contributed by atoms with E-state index in [9.17, 15) is 4.79 Å². The molecule has 0 bridgehead atoms. The number of amides is 1. The van der Waals surface area contributed by atoms with Crippen LogP contribution in [0.2, 0.25) is 0 Å². The van der Waals surface area contributed by atoms with Crippen LogP contribution in [0.25, 0.3) is 0 Å². The normalized spacial score (nSPS) is 18.9. The fraction of sp³-hybridized carbons (Fsp3) is 0.933. The van der Waals surface area contributed by atoms with Crippen molar-refractivity contribution in [2.75, 3.05) is 12.4 Å². The van der Waals surface area contributed by atoms with E-state index in [1.54, 1.807) is 0 Å². The number of carbonyl (C=O) groups excluding carboxylic acids is 1. The molecule has 0 aromatic carbocycles. The lowest BCUT2D eigenvalue weighted by Gasteiger charge is -2.30. The van der Waals surface area contributed by atoms with Crippen molar-refractivity contribution in [2.24, 2.45) is 10.8 Å². The van der Waals surface area contributed by atoms with E-state index in [2.05, 4.69) is 26.1 Å². The van der Waals surface area contributed by atoms with Gasteiger partial charge in [0, 0.05) is 17.8 Å². The zero-order valence-corrected chi connectivity index (χ0v) is 12.9. The van der Waals surface area contributed by atoms with Crippen LogP contribution in [0.5, 0.6) is 0 Å². The summed E-state index contributed by atoms with van der Waals surface area (Å²) in [4.78, 5) is 12.4. The third-order valence-corrected chi connectivity index (χ3v) is 4.70. The van der Waals surface area contributed by atoms with Crippen molar-refractivity contribution < 1.29 is 4.79 Å². The van der Waals surface area contributed by atoms with Crippen molar-refractivity contribution >= 4 is 17.5 Å². The molecule has 1 aliphatic rings. The summed E-state index contributed by atoms with van der Waals surface area (Å²) in [5.41, 5.74) is 0.0840. The molecule has 0 heterocycles. The average Bonchev–Trinajstić information content (AvgIpc) is 2.83. The number of rotatable bonds is 7. The molecule has 106 valence electrons. The first kappa shape index (κ1) is 15.8. The number of nitrogens with one attached hydrogen (secondary N) is 1.